The number of aliphatic hydroxyl groups is 2. The molecule has 0 amide bonds. The zero-order valence-corrected chi connectivity index (χ0v) is 16.7. The first-order valence-electron chi connectivity index (χ1n) is 9.48. The zero-order valence-electron chi connectivity index (χ0n) is 15.9. The number of nitrogens with zero attached hydrogens (tertiary/aromatic N) is 1. The van der Waals surface area contributed by atoms with Gasteiger partial charge in [0.1, 0.15) is 5.75 Å². The molecule has 1 aliphatic rings. The first kappa shape index (κ1) is 20.8. The van der Waals surface area contributed by atoms with Crippen LogP contribution in [0.1, 0.15) is 48.1 Å². The number of benzene rings is 2. The van der Waals surface area contributed by atoms with Gasteiger partial charge in [0.25, 0.3) is 0 Å². The summed E-state index contributed by atoms with van der Waals surface area (Å²) in [5, 5.41) is 28.9. The molecule has 2 N–H and O–H groups in total. The SMILES string of the molecule is CC[S+]([O-])c1ccc(Cc2cc([C@H]3C[C@@H](O)C[C@@H](CO)O3)ccc2C#N)cc1. The Morgan fingerprint density at radius 2 is 1.96 bits per heavy atom. The molecule has 0 spiro atoms. The molecule has 0 radical (unpaired) electrons. The maximum absolute atomic E-state index is 11.9. The molecule has 0 aromatic heterocycles. The third kappa shape index (κ3) is 4.93. The number of nitriles is 1. The Morgan fingerprint density at radius 3 is 2.61 bits per heavy atom. The molecule has 5 nitrogen and oxygen atoms in total. The van der Waals surface area contributed by atoms with E-state index in [-0.39, 0.29) is 18.8 Å². The van der Waals surface area contributed by atoms with E-state index in [1.54, 1.807) is 6.07 Å². The van der Waals surface area contributed by atoms with Crippen LogP contribution < -0.4 is 0 Å². The van der Waals surface area contributed by atoms with Crippen LogP contribution in [0.5, 0.6) is 0 Å². The van der Waals surface area contributed by atoms with Crippen LogP contribution in [0.15, 0.2) is 47.4 Å². The summed E-state index contributed by atoms with van der Waals surface area (Å²) >= 11 is -0.979. The van der Waals surface area contributed by atoms with Crippen LogP contribution in [-0.4, -0.2) is 39.3 Å². The maximum Gasteiger partial charge on any atom is 0.152 e. The minimum atomic E-state index is -0.979. The number of aliphatic hydroxyl groups excluding tert-OH is 2. The number of hydrogen-bond donors (Lipinski definition) is 2. The Bertz CT molecular complexity index is 833. The molecule has 6 heteroatoms. The average Bonchev–Trinajstić information content (AvgIpc) is 2.73. The summed E-state index contributed by atoms with van der Waals surface area (Å²) in [6.45, 7) is 1.77. The number of rotatable bonds is 6. The lowest BCUT2D eigenvalue weighted by Gasteiger charge is -2.32. The summed E-state index contributed by atoms with van der Waals surface area (Å²) in [5.74, 6) is 0.585. The molecule has 1 fully saturated rings. The monoisotopic (exact) mass is 399 g/mol. The Kier molecular flexibility index (Phi) is 7.11. The van der Waals surface area contributed by atoms with Crippen LogP contribution in [-0.2, 0) is 22.3 Å². The van der Waals surface area contributed by atoms with Gasteiger partial charge in [0.2, 0.25) is 0 Å². The van der Waals surface area contributed by atoms with Gasteiger partial charge in [-0.05, 0) is 59.4 Å². The summed E-state index contributed by atoms with van der Waals surface area (Å²) in [5.41, 5.74) is 3.41. The molecule has 1 saturated heterocycles. The van der Waals surface area contributed by atoms with Gasteiger partial charge in [-0.25, -0.2) is 0 Å². The van der Waals surface area contributed by atoms with Gasteiger partial charge in [0.05, 0.1) is 36.6 Å². The van der Waals surface area contributed by atoms with Crippen LogP contribution in [0.2, 0.25) is 0 Å². The smallest absolute Gasteiger partial charge is 0.152 e. The van der Waals surface area contributed by atoms with E-state index in [0.717, 1.165) is 21.6 Å². The lowest BCUT2D eigenvalue weighted by Crippen LogP contribution is -2.33. The summed E-state index contributed by atoms with van der Waals surface area (Å²) in [7, 11) is 0. The minimum Gasteiger partial charge on any atom is -0.611 e. The van der Waals surface area contributed by atoms with E-state index < -0.39 is 17.3 Å². The van der Waals surface area contributed by atoms with Crippen LogP contribution in [0.4, 0.5) is 0 Å². The topological polar surface area (TPSA) is 96.5 Å². The summed E-state index contributed by atoms with van der Waals surface area (Å²) < 4.78 is 17.8. The number of hydrogen-bond acceptors (Lipinski definition) is 5. The van der Waals surface area contributed by atoms with Crippen molar-refractivity contribution in [2.75, 3.05) is 12.4 Å². The predicted molar refractivity (Wildman–Crippen MR) is 107 cm³/mol. The third-order valence-corrected chi connectivity index (χ3v) is 6.37. The lowest BCUT2D eigenvalue weighted by molar-refractivity contribution is -0.113. The summed E-state index contributed by atoms with van der Waals surface area (Å²) in [4.78, 5) is 0.806. The fraction of sp³-hybridized carbons (Fsp3) is 0.409. The van der Waals surface area contributed by atoms with Crippen LogP contribution in [0.3, 0.4) is 0 Å². The Hall–Kier alpha value is -1.88. The van der Waals surface area contributed by atoms with Crippen molar-refractivity contribution in [3.05, 3.63) is 64.7 Å². The summed E-state index contributed by atoms with van der Waals surface area (Å²) in [6, 6.07) is 15.5. The van der Waals surface area contributed by atoms with E-state index in [2.05, 4.69) is 6.07 Å². The molecule has 2 aromatic carbocycles. The van der Waals surface area contributed by atoms with Gasteiger partial charge in [-0.15, -0.1) is 0 Å². The Morgan fingerprint density at radius 1 is 1.21 bits per heavy atom. The highest BCUT2D eigenvalue weighted by atomic mass is 32.2. The molecule has 2 aromatic rings. The molecule has 3 rings (SSSR count). The highest BCUT2D eigenvalue weighted by Crippen LogP contribution is 2.32. The molecule has 148 valence electrons. The molecular weight excluding hydrogens is 374 g/mol. The molecule has 28 heavy (non-hydrogen) atoms. The second kappa shape index (κ2) is 9.55. The highest BCUT2D eigenvalue weighted by Gasteiger charge is 2.29. The second-order valence-corrected chi connectivity index (χ2v) is 8.78. The fourth-order valence-corrected chi connectivity index (χ4v) is 4.31. The van der Waals surface area contributed by atoms with Crippen molar-refractivity contribution < 1.29 is 19.5 Å². The molecule has 4 atom stereocenters. The van der Waals surface area contributed by atoms with Gasteiger partial charge in [0, 0.05) is 12.8 Å². The van der Waals surface area contributed by atoms with Crippen molar-refractivity contribution >= 4 is 11.2 Å². The van der Waals surface area contributed by atoms with E-state index in [4.69, 9.17) is 4.74 Å². The molecular formula is C22H25NO4S. The van der Waals surface area contributed by atoms with Crippen molar-refractivity contribution in [1.29, 1.82) is 5.26 Å². The Balaban J connectivity index is 1.82. The summed E-state index contributed by atoms with van der Waals surface area (Å²) in [6.07, 6.45) is 0.290. The molecule has 1 aliphatic heterocycles. The lowest BCUT2D eigenvalue weighted by atomic mass is 9.92. The normalized spacial score (nSPS) is 23.2. The number of ether oxygens (including phenoxy) is 1. The van der Waals surface area contributed by atoms with Gasteiger partial charge >= 0.3 is 0 Å². The fourth-order valence-electron chi connectivity index (χ4n) is 3.54. The predicted octanol–water partition coefficient (Wildman–Crippen LogP) is 2.85. The first-order valence-corrected chi connectivity index (χ1v) is 10.8. The van der Waals surface area contributed by atoms with Gasteiger partial charge < -0.3 is 19.5 Å². The Labute approximate surface area is 168 Å². The van der Waals surface area contributed by atoms with E-state index in [1.165, 1.54) is 0 Å². The molecule has 0 saturated carbocycles. The van der Waals surface area contributed by atoms with Crippen LogP contribution in [0.25, 0.3) is 0 Å². The van der Waals surface area contributed by atoms with Crippen molar-refractivity contribution in [2.45, 2.75) is 49.4 Å². The van der Waals surface area contributed by atoms with Gasteiger partial charge in [-0.1, -0.05) is 24.3 Å². The highest BCUT2D eigenvalue weighted by molar-refractivity contribution is 7.91. The van der Waals surface area contributed by atoms with Gasteiger partial charge in [0.15, 0.2) is 4.90 Å². The molecule has 0 aliphatic carbocycles. The van der Waals surface area contributed by atoms with E-state index in [0.29, 0.717) is 30.6 Å². The van der Waals surface area contributed by atoms with E-state index >= 15 is 0 Å². The maximum atomic E-state index is 11.9. The minimum absolute atomic E-state index is 0.123. The molecule has 0 bridgehead atoms. The van der Waals surface area contributed by atoms with Crippen molar-refractivity contribution in [1.82, 2.24) is 0 Å². The van der Waals surface area contributed by atoms with Crippen molar-refractivity contribution in [3.8, 4) is 6.07 Å². The van der Waals surface area contributed by atoms with E-state index in [1.807, 2.05) is 43.3 Å². The standard InChI is InChI=1S/C22H25NO4S/c1-2-28(26)21-7-3-15(4-8-21)9-18-10-16(5-6-17(18)13-23)22-12-19(25)11-20(14-24)27-22/h3-8,10,19-20,22,24-25H,2,9,11-12,14H2,1H3/t19-,20-,22+,28?/m0/s1. The second-order valence-electron chi connectivity index (χ2n) is 7.04. The molecule has 1 unspecified atom stereocenters. The quantitative estimate of drug-likeness (QED) is 0.728. The van der Waals surface area contributed by atoms with Gasteiger partial charge in [-0.2, -0.15) is 5.26 Å². The van der Waals surface area contributed by atoms with Crippen molar-refractivity contribution in [2.24, 2.45) is 0 Å². The van der Waals surface area contributed by atoms with Gasteiger partial charge in [-0.3, -0.25) is 0 Å². The van der Waals surface area contributed by atoms with E-state index in [9.17, 15) is 20.0 Å². The third-order valence-electron chi connectivity index (χ3n) is 5.05. The zero-order chi connectivity index (χ0) is 20.1. The molecule has 1 heterocycles. The average molecular weight is 400 g/mol. The van der Waals surface area contributed by atoms with Crippen LogP contribution >= 0.6 is 0 Å². The van der Waals surface area contributed by atoms with Crippen molar-refractivity contribution in [3.63, 3.8) is 0 Å². The van der Waals surface area contributed by atoms with Crippen LogP contribution in [0, 0.1) is 11.3 Å². The largest absolute Gasteiger partial charge is 0.611 e. The first-order chi connectivity index (χ1) is 13.5.